The Morgan fingerprint density at radius 2 is 1.58 bits per heavy atom. The normalized spacial score (nSPS) is 14.2. The van der Waals surface area contributed by atoms with E-state index in [0.29, 0.717) is 5.56 Å². The lowest BCUT2D eigenvalue weighted by Gasteiger charge is -2.22. The number of aliphatic hydroxyl groups is 1. The van der Waals surface area contributed by atoms with Crippen molar-refractivity contribution in [1.82, 2.24) is 0 Å². The largest absolute Gasteiger partial charge is 0.467 e. The molecule has 0 aliphatic carbocycles. The second-order valence-electron chi connectivity index (χ2n) is 5.65. The van der Waals surface area contributed by atoms with Gasteiger partial charge >= 0.3 is 0 Å². The Morgan fingerprint density at radius 1 is 0.917 bits per heavy atom. The Bertz CT molecular complexity index is 882. The van der Waals surface area contributed by atoms with Crippen LogP contribution in [0.15, 0.2) is 82.3 Å². The SMILES string of the molecule is Cc1ccc(S(=O)(=O)C(c2ccccc2)C(O)c2ccco2)cc1. The predicted molar refractivity (Wildman–Crippen MR) is 91.2 cm³/mol. The molecule has 0 aliphatic heterocycles. The molecule has 0 radical (unpaired) electrons. The van der Waals surface area contributed by atoms with Crippen LogP contribution < -0.4 is 0 Å². The molecule has 2 unspecified atom stereocenters. The van der Waals surface area contributed by atoms with Crippen molar-refractivity contribution in [3.05, 3.63) is 89.9 Å². The van der Waals surface area contributed by atoms with E-state index < -0.39 is 21.2 Å². The van der Waals surface area contributed by atoms with Gasteiger partial charge in [-0.2, -0.15) is 0 Å². The quantitative estimate of drug-likeness (QED) is 0.765. The van der Waals surface area contributed by atoms with Crippen LogP contribution >= 0.6 is 0 Å². The standard InChI is InChI=1S/C19H18O4S/c1-14-9-11-16(12-10-14)24(21,22)19(15-6-3-2-4-7-15)18(20)17-8-5-13-23-17/h2-13,18-20H,1H3. The number of benzene rings is 2. The number of furan rings is 1. The van der Waals surface area contributed by atoms with Crippen LogP contribution in [0.25, 0.3) is 0 Å². The number of hydrogen-bond donors (Lipinski definition) is 1. The van der Waals surface area contributed by atoms with Crippen LogP contribution in [0.2, 0.25) is 0 Å². The van der Waals surface area contributed by atoms with Gasteiger partial charge in [0, 0.05) is 0 Å². The summed E-state index contributed by atoms with van der Waals surface area (Å²) in [6, 6.07) is 18.5. The third-order valence-electron chi connectivity index (χ3n) is 3.93. The smallest absolute Gasteiger partial charge is 0.188 e. The van der Waals surface area contributed by atoms with E-state index in [1.165, 1.54) is 6.26 Å². The Morgan fingerprint density at radius 3 is 2.17 bits per heavy atom. The average Bonchev–Trinajstić information content (AvgIpc) is 3.11. The molecule has 0 amide bonds. The molecule has 0 aliphatic rings. The van der Waals surface area contributed by atoms with Crippen LogP contribution in [0, 0.1) is 6.92 Å². The van der Waals surface area contributed by atoms with Crippen molar-refractivity contribution in [3.8, 4) is 0 Å². The minimum Gasteiger partial charge on any atom is -0.467 e. The summed E-state index contributed by atoms with van der Waals surface area (Å²) in [5.74, 6) is 0.222. The van der Waals surface area contributed by atoms with Crippen molar-refractivity contribution in [2.75, 3.05) is 0 Å². The van der Waals surface area contributed by atoms with Crippen molar-refractivity contribution in [2.24, 2.45) is 0 Å². The third-order valence-corrected chi connectivity index (χ3v) is 6.06. The molecule has 2 atom stereocenters. The molecule has 2 aromatic carbocycles. The molecule has 3 rings (SSSR count). The summed E-state index contributed by atoms with van der Waals surface area (Å²) in [5, 5.41) is 9.56. The first-order valence-corrected chi connectivity index (χ1v) is 9.12. The molecule has 1 aromatic heterocycles. The van der Waals surface area contributed by atoms with E-state index >= 15 is 0 Å². The van der Waals surface area contributed by atoms with Crippen LogP contribution in [0.5, 0.6) is 0 Å². The summed E-state index contributed by atoms with van der Waals surface area (Å²) in [6.45, 7) is 1.89. The van der Waals surface area contributed by atoms with Crippen LogP contribution in [0.1, 0.15) is 28.2 Å². The van der Waals surface area contributed by atoms with E-state index in [1.54, 1.807) is 66.7 Å². The number of hydrogen-bond acceptors (Lipinski definition) is 4. The highest BCUT2D eigenvalue weighted by Gasteiger charge is 2.37. The van der Waals surface area contributed by atoms with Crippen molar-refractivity contribution < 1.29 is 17.9 Å². The molecule has 1 N–H and O–H groups in total. The van der Waals surface area contributed by atoms with E-state index in [2.05, 4.69) is 0 Å². The molecular weight excluding hydrogens is 324 g/mol. The van der Waals surface area contributed by atoms with Crippen LogP contribution in [0.3, 0.4) is 0 Å². The molecule has 3 aromatic rings. The van der Waals surface area contributed by atoms with Gasteiger partial charge in [-0.15, -0.1) is 0 Å². The Hall–Kier alpha value is -2.37. The summed E-state index contributed by atoms with van der Waals surface area (Å²) >= 11 is 0. The topological polar surface area (TPSA) is 67.5 Å². The Labute approximate surface area is 141 Å². The van der Waals surface area contributed by atoms with E-state index in [1.807, 2.05) is 6.92 Å². The zero-order chi connectivity index (χ0) is 17.2. The first-order chi connectivity index (χ1) is 11.5. The van der Waals surface area contributed by atoms with Crippen molar-refractivity contribution in [1.29, 1.82) is 0 Å². The van der Waals surface area contributed by atoms with Crippen LogP contribution in [0.4, 0.5) is 0 Å². The van der Waals surface area contributed by atoms with Gasteiger partial charge in [-0.1, -0.05) is 48.0 Å². The fraction of sp³-hybridized carbons (Fsp3) is 0.158. The minimum absolute atomic E-state index is 0.174. The van der Waals surface area contributed by atoms with Gasteiger partial charge in [0.1, 0.15) is 17.1 Å². The lowest BCUT2D eigenvalue weighted by atomic mass is 10.1. The van der Waals surface area contributed by atoms with Crippen molar-refractivity contribution in [3.63, 3.8) is 0 Å². The van der Waals surface area contributed by atoms with Crippen LogP contribution in [-0.4, -0.2) is 13.5 Å². The van der Waals surface area contributed by atoms with Gasteiger partial charge in [-0.3, -0.25) is 0 Å². The molecule has 0 spiro atoms. The Kier molecular flexibility index (Phi) is 4.55. The average molecular weight is 342 g/mol. The highest BCUT2D eigenvalue weighted by Crippen LogP contribution is 2.39. The maximum Gasteiger partial charge on any atom is 0.188 e. The zero-order valence-electron chi connectivity index (χ0n) is 13.2. The van der Waals surface area contributed by atoms with Gasteiger partial charge in [0.25, 0.3) is 0 Å². The fourth-order valence-corrected chi connectivity index (χ4v) is 4.45. The molecule has 24 heavy (non-hydrogen) atoms. The first kappa shape index (κ1) is 16.5. The first-order valence-electron chi connectivity index (χ1n) is 7.57. The van der Waals surface area contributed by atoms with Gasteiger partial charge < -0.3 is 9.52 Å². The molecule has 1 heterocycles. The van der Waals surface area contributed by atoms with E-state index in [4.69, 9.17) is 4.42 Å². The number of sulfone groups is 1. The summed E-state index contributed by atoms with van der Waals surface area (Å²) in [7, 11) is -3.81. The maximum atomic E-state index is 13.2. The van der Waals surface area contributed by atoms with Crippen molar-refractivity contribution >= 4 is 9.84 Å². The molecule has 124 valence electrons. The van der Waals surface area contributed by atoms with E-state index in [-0.39, 0.29) is 10.7 Å². The van der Waals surface area contributed by atoms with Gasteiger partial charge in [-0.25, -0.2) is 8.42 Å². The predicted octanol–water partition coefficient (Wildman–Crippen LogP) is 3.84. The summed E-state index contributed by atoms with van der Waals surface area (Å²) < 4.78 is 31.6. The molecule has 4 nitrogen and oxygen atoms in total. The zero-order valence-corrected chi connectivity index (χ0v) is 14.0. The summed E-state index contributed by atoms with van der Waals surface area (Å²) in [4.78, 5) is 0.174. The summed E-state index contributed by atoms with van der Waals surface area (Å²) in [6.07, 6.45) is 0.118. The highest BCUT2D eigenvalue weighted by atomic mass is 32.2. The van der Waals surface area contributed by atoms with Crippen molar-refractivity contribution in [2.45, 2.75) is 23.2 Å². The lowest BCUT2D eigenvalue weighted by molar-refractivity contribution is 0.143. The molecule has 0 bridgehead atoms. The van der Waals surface area contributed by atoms with Crippen LogP contribution in [-0.2, 0) is 9.84 Å². The molecule has 5 heteroatoms. The molecule has 0 saturated carbocycles. The van der Waals surface area contributed by atoms with Gasteiger partial charge in [0.2, 0.25) is 0 Å². The van der Waals surface area contributed by atoms with Gasteiger partial charge in [0.05, 0.1) is 11.2 Å². The minimum atomic E-state index is -3.81. The monoisotopic (exact) mass is 342 g/mol. The van der Waals surface area contributed by atoms with Gasteiger partial charge in [0.15, 0.2) is 9.84 Å². The number of aliphatic hydroxyl groups excluding tert-OH is 1. The Balaban J connectivity index is 2.12. The van der Waals surface area contributed by atoms with E-state index in [9.17, 15) is 13.5 Å². The number of aryl methyl sites for hydroxylation is 1. The fourth-order valence-electron chi connectivity index (χ4n) is 2.66. The van der Waals surface area contributed by atoms with E-state index in [0.717, 1.165) is 5.56 Å². The second-order valence-corrected chi connectivity index (χ2v) is 7.72. The molecule has 0 fully saturated rings. The summed E-state index contributed by atoms with van der Waals surface area (Å²) in [5.41, 5.74) is 1.48. The third kappa shape index (κ3) is 3.13. The number of rotatable bonds is 5. The second kappa shape index (κ2) is 6.63. The molecular formula is C19H18O4S. The maximum absolute atomic E-state index is 13.2. The lowest BCUT2D eigenvalue weighted by Crippen LogP contribution is -2.21. The molecule has 0 saturated heterocycles. The van der Waals surface area contributed by atoms with Gasteiger partial charge in [-0.05, 0) is 36.8 Å². The highest BCUT2D eigenvalue weighted by molar-refractivity contribution is 7.91.